The van der Waals surface area contributed by atoms with Crippen molar-refractivity contribution in [2.24, 2.45) is 17.6 Å². The van der Waals surface area contributed by atoms with Gasteiger partial charge in [0, 0.05) is 32.1 Å². The number of nitrogens with zero attached hydrogens (tertiary/aromatic N) is 2. The quantitative estimate of drug-likeness (QED) is 0.735. The molecule has 1 saturated heterocycles. The van der Waals surface area contributed by atoms with Crippen LogP contribution in [0.25, 0.3) is 0 Å². The van der Waals surface area contributed by atoms with Gasteiger partial charge in [-0.25, -0.2) is 0 Å². The van der Waals surface area contributed by atoms with Gasteiger partial charge in [-0.3, -0.25) is 9.69 Å². The fourth-order valence-electron chi connectivity index (χ4n) is 3.80. The second kappa shape index (κ2) is 10.8. The third-order valence-corrected chi connectivity index (χ3v) is 5.16. The molecule has 4 nitrogen and oxygen atoms in total. The molecule has 1 amide bonds. The predicted octanol–water partition coefficient (Wildman–Crippen LogP) is 3.08. The second-order valence-electron chi connectivity index (χ2n) is 7.00. The van der Waals surface area contributed by atoms with Crippen molar-refractivity contribution in [1.29, 1.82) is 0 Å². The SMILES string of the molecule is CCN(CC1CCN(C(=O)C[C@@H]2CCC[C@H]2N)C1)CC(F)(F)F.Cl.Cl. The summed E-state index contributed by atoms with van der Waals surface area (Å²) in [5, 5.41) is 0. The number of rotatable bonds is 6. The van der Waals surface area contributed by atoms with Crippen LogP contribution in [0.5, 0.6) is 0 Å². The zero-order valence-electron chi connectivity index (χ0n) is 14.6. The van der Waals surface area contributed by atoms with Crippen LogP contribution in [-0.4, -0.2) is 60.6 Å². The van der Waals surface area contributed by atoms with Gasteiger partial charge in [-0.05, 0) is 37.6 Å². The van der Waals surface area contributed by atoms with E-state index in [4.69, 9.17) is 5.73 Å². The molecule has 1 aliphatic carbocycles. The fourth-order valence-corrected chi connectivity index (χ4v) is 3.80. The summed E-state index contributed by atoms with van der Waals surface area (Å²) in [6.07, 6.45) is 0.209. The monoisotopic (exact) mass is 407 g/mol. The van der Waals surface area contributed by atoms with E-state index in [9.17, 15) is 18.0 Å². The molecule has 3 atom stereocenters. The Hall–Kier alpha value is -0.240. The first-order valence-electron chi connectivity index (χ1n) is 8.61. The molecule has 0 spiro atoms. The smallest absolute Gasteiger partial charge is 0.342 e. The molecule has 0 radical (unpaired) electrons. The Morgan fingerprint density at radius 2 is 1.92 bits per heavy atom. The first-order chi connectivity index (χ1) is 10.8. The number of likely N-dealkylation sites (tertiary alicyclic amines) is 1. The number of hydrogen-bond acceptors (Lipinski definition) is 3. The van der Waals surface area contributed by atoms with E-state index >= 15 is 0 Å². The van der Waals surface area contributed by atoms with Crippen LogP contribution in [0.15, 0.2) is 0 Å². The first kappa shape index (κ1) is 24.8. The highest BCUT2D eigenvalue weighted by molar-refractivity contribution is 5.85. The zero-order chi connectivity index (χ0) is 17.0. The van der Waals surface area contributed by atoms with Crippen molar-refractivity contribution in [2.45, 2.75) is 51.2 Å². The maximum Gasteiger partial charge on any atom is 0.401 e. The molecule has 1 saturated carbocycles. The van der Waals surface area contributed by atoms with Crippen LogP contribution in [0.1, 0.15) is 39.0 Å². The summed E-state index contributed by atoms with van der Waals surface area (Å²) in [7, 11) is 0. The largest absolute Gasteiger partial charge is 0.401 e. The van der Waals surface area contributed by atoms with Gasteiger partial charge < -0.3 is 10.6 Å². The summed E-state index contributed by atoms with van der Waals surface area (Å²) in [6.45, 7) is 2.89. The molecular weight excluding hydrogens is 378 g/mol. The van der Waals surface area contributed by atoms with Gasteiger partial charge in [-0.15, -0.1) is 24.8 Å². The highest BCUT2D eigenvalue weighted by Gasteiger charge is 2.34. The lowest BCUT2D eigenvalue weighted by Gasteiger charge is -2.25. The molecule has 1 unspecified atom stereocenters. The van der Waals surface area contributed by atoms with Crippen molar-refractivity contribution in [1.82, 2.24) is 9.80 Å². The zero-order valence-corrected chi connectivity index (χ0v) is 16.3. The molecule has 0 aromatic heterocycles. The highest BCUT2D eigenvalue weighted by atomic mass is 35.5. The number of amides is 1. The topological polar surface area (TPSA) is 49.6 Å². The molecule has 1 aliphatic heterocycles. The molecule has 9 heteroatoms. The molecule has 0 bridgehead atoms. The average Bonchev–Trinajstić information content (AvgIpc) is 3.06. The molecule has 2 N–H and O–H groups in total. The van der Waals surface area contributed by atoms with E-state index in [1.54, 1.807) is 6.92 Å². The minimum absolute atomic E-state index is 0. The van der Waals surface area contributed by atoms with E-state index in [2.05, 4.69) is 0 Å². The van der Waals surface area contributed by atoms with E-state index in [0.717, 1.165) is 25.7 Å². The Morgan fingerprint density at radius 3 is 2.44 bits per heavy atom. The summed E-state index contributed by atoms with van der Waals surface area (Å²) in [5.74, 6) is 0.533. The Balaban J connectivity index is 0.00000288. The minimum atomic E-state index is -4.16. The average molecular weight is 408 g/mol. The highest BCUT2D eigenvalue weighted by Crippen LogP contribution is 2.29. The van der Waals surface area contributed by atoms with Gasteiger partial charge in [0.25, 0.3) is 0 Å². The first-order valence-corrected chi connectivity index (χ1v) is 8.61. The van der Waals surface area contributed by atoms with Crippen LogP contribution in [0.4, 0.5) is 13.2 Å². The Bertz CT molecular complexity index is 413. The summed E-state index contributed by atoms with van der Waals surface area (Å²) >= 11 is 0. The van der Waals surface area contributed by atoms with E-state index in [1.807, 2.05) is 4.90 Å². The van der Waals surface area contributed by atoms with Crippen LogP contribution in [0.3, 0.4) is 0 Å². The number of carbonyl (C=O) groups is 1. The lowest BCUT2D eigenvalue weighted by atomic mass is 9.99. The van der Waals surface area contributed by atoms with Gasteiger partial charge >= 0.3 is 6.18 Å². The summed E-state index contributed by atoms with van der Waals surface area (Å²) < 4.78 is 37.6. The summed E-state index contributed by atoms with van der Waals surface area (Å²) in [4.78, 5) is 15.6. The van der Waals surface area contributed by atoms with Gasteiger partial charge in [-0.1, -0.05) is 13.3 Å². The summed E-state index contributed by atoms with van der Waals surface area (Å²) in [6, 6.07) is 0.125. The van der Waals surface area contributed by atoms with Gasteiger partial charge in [0.15, 0.2) is 0 Å². The van der Waals surface area contributed by atoms with E-state index in [0.29, 0.717) is 32.6 Å². The number of alkyl halides is 3. The molecule has 150 valence electrons. The van der Waals surface area contributed by atoms with E-state index < -0.39 is 12.7 Å². The standard InChI is InChI=1S/C16H28F3N3O.2ClH/c1-2-21(11-16(17,18)19)9-12-6-7-22(10-12)15(23)8-13-4-3-5-14(13)20;;/h12-14H,2-11,20H2,1H3;2*1H/t12?,13-,14+;;/m0../s1. The maximum absolute atomic E-state index is 12.5. The molecule has 2 aliphatic rings. The number of hydrogen-bond donors (Lipinski definition) is 1. The van der Waals surface area contributed by atoms with Gasteiger partial charge in [0.2, 0.25) is 5.91 Å². The molecule has 2 fully saturated rings. The predicted molar refractivity (Wildman–Crippen MR) is 97.3 cm³/mol. The van der Waals surface area contributed by atoms with Crippen molar-refractivity contribution in [2.75, 3.05) is 32.7 Å². The third-order valence-electron chi connectivity index (χ3n) is 5.16. The van der Waals surface area contributed by atoms with Crippen LogP contribution >= 0.6 is 24.8 Å². The Labute approximate surface area is 160 Å². The molecule has 25 heavy (non-hydrogen) atoms. The van der Waals surface area contributed by atoms with Crippen LogP contribution < -0.4 is 5.73 Å². The van der Waals surface area contributed by atoms with Crippen molar-refractivity contribution < 1.29 is 18.0 Å². The molecule has 1 heterocycles. The molecule has 0 aromatic carbocycles. The van der Waals surface area contributed by atoms with E-state index in [-0.39, 0.29) is 48.6 Å². The third kappa shape index (κ3) is 7.89. The number of nitrogens with two attached hydrogens (primary N) is 1. The van der Waals surface area contributed by atoms with Crippen molar-refractivity contribution >= 4 is 30.7 Å². The van der Waals surface area contributed by atoms with Crippen molar-refractivity contribution in [3.63, 3.8) is 0 Å². The van der Waals surface area contributed by atoms with Crippen LogP contribution in [0.2, 0.25) is 0 Å². The summed E-state index contributed by atoms with van der Waals surface area (Å²) in [5.41, 5.74) is 6.01. The van der Waals surface area contributed by atoms with E-state index in [1.165, 1.54) is 4.90 Å². The molecule has 2 rings (SSSR count). The van der Waals surface area contributed by atoms with Crippen molar-refractivity contribution in [3.8, 4) is 0 Å². The van der Waals surface area contributed by atoms with Gasteiger partial charge in [-0.2, -0.15) is 13.2 Å². The normalized spacial score (nSPS) is 26.5. The number of halogens is 5. The van der Waals surface area contributed by atoms with Crippen LogP contribution in [-0.2, 0) is 4.79 Å². The fraction of sp³-hybridized carbons (Fsp3) is 0.938. The Kier molecular flexibility index (Phi) is 10.7. The maximum atomic E-state index is 12.5. The molecular formula is C16H30Cl2F3N3O. The van der Waals surface area contributed by atoms with Crippen molar-refractivity contribution in [3.05, 3.63) is 0 Å². The minimum Gasteiger partial charge on any atom is -0.342 e. The Morgan fingerprint density at radius 1 is 1.24 bits per heavy atom. The molecule has 0 aromatic rings. The number of carbonyl (C=O) groups excluding carboxylic acids is 1. The lowest BCUT2D eigenvalue weighted by Crippen LogP contribution is -2.39. The van der Waals surface area contributed by atoms with Gasteiger partial charge in [0.1, 0.15) is 0 Å². The van der Waals surface area contributed by atoms with Crippen LogP contribution in [0, 0.1) is 11.8 Å². The lowest BCUT2D eigenvalue weighted by molar-refractivity contribution is -0.146. The van der Waals surface area contributed by atoms with Gasteiger partial charge in [0.05, 0.1) is 6.54 Å². The second-order valence-corrected chi connectivity index (χ2v) is 7.00.